The molecule has 150 valence electrons. The third-order valence-electron chi connectivity index (χ3n) is 4.17. The van der Waals surface area contributed by atoms with Gasteiger partial charge < -0.3 is 4.57 Å². The van der Waals surface area contributed by atoms with Crippen LogP contribution in [-0.4, -0.2) is 21.1 Å². The number of halogens is 2. The molecule has 0 bridgehead atoms. The van der Waals surface area contributed by atoms with Crippen LogP contribution < -0.4 is 0 Å². The maximum absolute atomic E-state index is 8.64. The first-order valence-corrected chi connectivity index (χ1v) is 10.7. The van der Waals surface area contributed by atoms with Crippen LogP contribution in [0.2, 0.25) is 10.0 Å². The summed E-state index contributed by atoms with van der Waals surface area (Å²) < 4.78 is 2.14. The Morgan fingerprint density at radius 3 is 2.59 bits per heavy atom. The Bertz CT molecular complexity index is 1010. The molecule has 0 unspecified atom stereocenters. The van der Waals surface area contributed by atoms with E-state index in [0.29, 0.717) is 29.6 Å². The minimum Gasteiger partial charge on any atom is -0.317 e. The molecule has 0 N–H and O–H groups in total. The van der Waals surface area contributed by atoms with Crippen LogP contribution in [0.4, 0.5) is 0 Å². The van der Waals surface area contributed by atoms with Gasteiger partial charge in [-0.15, -0.1) is 0 Å². The van der Waals surface area contributed by atoms with E-state index in [1.165, 1.54) is 0 Å². The van der Waals surface area contributed by atoms with E-state index in [1.807, 2.05) is 30.3 Å². The zero-order chi connectivity index (χ0) is 20.8. The van der Waals surface area contributed by atoms with Gasteiger partial charge in [0.2, 0.25) is 0 Å². The molecular formula is C20H20Cl2N6S. The first-order valence-electron chi connectivity index (χ1n) is 9.12. The van der Waals surface area contributed by atoms with Crippen molar-refractivity contribution >= 4 is 35.0 Å². The highest BCUT2D eigenvalue weighted by Crippen LogP contribution is 2.37. The van der Waals surface area contributed by atoms with Gasteiger partial charge >= 0.3 is 0 Å². The molecule has 0 saturated heterocycles. The summed E-state index contributed by atoms with van der Waals surface area (Å²) in [7, 11) is 0. The Kier molecular flexibility index (Phi) is 7.45. The van der Waals surface area contributed by atoms with Gasteiger partial charge in [0.05, 0.1) is 17.9 Å². The topological polar surface area (TPSA) is 79.5 Å². The van der Waals surface area contributed by atoms with E-state index in [1.54, 1.807) is 24.0 Å². The van der Waals surface area contributed by atoms with Crippen molar-refractivity contribution in [1.82, 2.24) is 14.5 Å². The highest BCUT2D eigenvalue weighted by atomic mass is 35.5. The SMILES string of the molecule is CC(C)c1nc(CCN=[N+]=[N-])n(Cc2ccccn2)c1Sc1cc(Cl)cc(Cl)c1. The van der Waals surface area contributed by atoms with Crippen molar-refractivity contribution < 1.29 is 0 Å². The van der Waals surface area contributed by atoms with Crippen molar-refractivity contribution in [3.63, 3.8) is 0 Å². The van der Waals surface area contributed by atoms with Crippen LogP contribution in [0.5, 0.6) is 0 Å². The minimum absolute atomic E-state index is 0.218. The molecule has 0 saturated carbocycles. The Balaban J connectivity index is 2.07. The monoisotopic (exact) mass is 446 g/mol. The van der Waals surface area contributed by atoms with Gasteiger partial charge in [-0.1, -0.05) is 60.0 Å². The first kappa shape index (κ1) is 21.5. The van der Waals surface area contributed by atoms with E-state index in [2.05, 4.69) is 33.4 Å². The minimum atomic E-state index is 0.218. The second-order valence-corrected chi connectivity index (χ2v) is 8.63. The summed E-state index contributed by atoms with van der Waals surface area (Å²) in [5.74, 6) is 1.08. The Labute approximate surface area is 183 Å². The standard InChI is InChI=1S/C20H20Cl2N6S/c1-13(2)19-20(29-17-10-14(21)9-15(22)11-17)28(12-16-5-3-4-7-24-16)18(26-19)6-8-25-27-23/h3-5,7,9-11,13H,6,8,12H2,1-2H3. The van der Waals surface area contributed by atoms with Crippen molar-refractivity contribution in [1.29, 1.82) is 0 Å². The van der Waals surface area contributed by atoms with Crippen molar-refractivity contribution in [3.8, 4) is 0 Å². The van der Waals surface area contributed by atoms with Crippen LogP contribution in [0.3, 0.4) is 0 Å². The summed E-state index contributed by atoms with van der Waals surface area (Å²) in [5.41, 5.74) is 10.5. The van der Waals surface area contributed by atoms with Crippen LogP contribution >= 0.6 is 35.0 Å². The maximum atomic E-state index is 8.64. The molecule has 0 aliphatic rings. The molecule has 0 atom stereocenters. The van der Waals surface area contributed by atoms with Crippen molar-refractivity contribution in [2.75, 3.05) is 6.54 Å². The average Bonchev–Trinajstić information content (AvgIpc) is 3.00. The number of aromatic nitrogens is 3. The van der Waals surface area contributed by atoms with Gasteiger partial charge in [-0.25, -0.2) is 4.98 Å². The van der Waals surface area contributed by atoms with Crippen LogP contribution in [0, 0.1) is 0 Å². The summed E-state index contributed by atoms with van der Waals surface area (Å²) in [4.78, 5) is 13.1. The number of benzene rings is 1. The third-order valence-corrected chi connectivity index (χ3v) is 5.70. The summed E-state index contributed by atoms with van der Waals surface area (Å²) >= 11 is 14.0. The molecule has 0 amide bonds. The molecule has 0 aliphatic carbocycles. The fourth-order valence-electron chi connectivity index (χ4n) is 2.89. The van der Waals surface area contributed by atoms with Crippen LogP contribution in [-0.2, 0) is 13.0 Å². The number of hydrogen-bond acceptors (Lipinski definition) is 4. The molecule has 0 fully saturated rings. The summed E-state index contributed by atoms with van der Waals surface area (Å²) in [5, 5.41) is 5.87. The predicted molar refractivity (Wildman–Crippen MR) is 118 cm³/mol. The molecule has 0 spiro atoms. The summed E-state index contributed by atoms with van der Waals surface area (Å²) in [6.45, 7) is 5.14. The maximum Gasteiger partial charge on any atom is 0.110 e. The fraction of sp³-hybridized carbons (Fsp3) is 0.300. The van der Waals surface area contributed by atoms with Gasteiger partial charge in [0, 0.05) is 39.0 Å². The Morgan fingerprint density at radius 2 is 1.97 bits per heavy atom. The zero-order valence-corrected chi connectivity index (χ0v) is 18.4. The summed E-state index contributed by atoms with van der Waals surface area (Å²) in [6, 6.07) is 11.3. The first-order chi connectivity index (χ1) is 14.0. The van der Waals surface area contributed by atoms with Crippen molar-refractivity contribution in [2.24, 2.45) is 5.11 Å². The van der Waals surface area contributed by atoms with Gasteiger partial charge in [0.25, 0.3) is 0 Å². The van der Waals surface area contributed by atoms with Crippen LogP contribution in [0.1, 0.15) is 37.0 Å². The van der Waals surface area contributed by atoms with Gasteiger partial charge in [0.1, 0.15) is 10.9 Å². The van der Waals surface area contributed by atoms with Gasteiger partial charge in [0.15, 0.2) is 0 Å². The van der Waals surface area contributed by atoms with E-state index >= 15 is 0 Å². The molecule has 0 aliphatic heterocycles. The predicted octanol–water partition coefficient (Wildman–Crippen LogP) is 6.76. The molecule has 6 nitrogen and oxygen atoms in total. The molecule has 3 aromatic rings. The fourth-order valence-corrected chi connectivity index (χ4v) is 4.80. The summed E-state index contributed by atoms with van der Waals surface area (Å²) in [6.07, 6.45) is 2.33. The molecule has 29 heavy (non-hydrogen) atoms. The number of rotatable bonds is 8. The second kappa shape index (κ2) is 10.0. The smallest absolute Gasteiger partial charge is 0.110 e. The lowest BCUT2D eigenvalue weighted by atomic mass is 10.1. The van der Waals surface area contributed by atoms with E-state index in [4.69, 9.17) is 33.7 Å². The lowest BCUT2D eigenvalue weighted by molar-refractivity contribution is 0.653. The number of azide groups is 1. The number of hydrogen-bond donors (Lipinski definition) is 0. The van der Waals surface area contributed by atoms with Crippen molar-refractivity contribution in [2.45, 2.75) is 42.7 Å². The molecule has 2 aromatic heterocycles. The highest BCUT2D eigenvalue weighted by Gasteiger charge is 2.21. The average molecular weight is 447 g/mol. The quantitative estimate of drug-likeness (QED) is 0.217. The van der Waals surface area contributed by atoms with Gasteiger partial charge in [-0.3, -0.25) is 4.98 Å². The Hall–Kier alpha value is -2.18. The van der Waals surface area contributed by atoms with Gasteiger partial charge in [-0.2, -0.15) is 0 Å². The molecule has 2 heterocycles. The number of pyridine rings is 1. The lowest BCUT2D eigenvalue weighted by Gasteiger charge is -2.13. The zero-order valence-electron chi connectivity index (χ0n) is 16.1. The number of nitrogens with zero attached hydrogens (tertiary/aromatic N) is 6. The molecule has 1 aromatic carbocycles. The van der Waals surface area contributed by atoms with Crippen LogP contribution in [0.25, 0.3) is 10.4 Å². The Morgan fingerprint density at radius 1 is 1.21 bits per heavy atom. The highest BCUT2D eigenvalue weighted by molar-refractivity contribution is 7.99. The third kappa shape index (κ3) is 5.67. The normalized spacial score (nSPS) is 10.9. The van der Waals surface area contributed by atoms with Crippen molar-refractivity contribution in [3.05, 3.63) is 80.3 Å². The number of imidazole rings is 1. The van der Waals surface area contributed by atoms with Crippen LogP contribution in [0.15, 0.2) is 57.6 Å². The molecule has 3 rings (SSSR count). The molecule has 9 heteroatoms. The van der Waals surface area contributed by atoms with Gasteiger partial charge in [-0.05, 0) is 41.8 Å². The largest absolute Gasteiger partial charge is 0.317 e. The van der Waals surface area contributed by atoms with E-state index < -0.39 is 0 Å². The van der Waals surface area contributed by atoms with E-state index in [0.717, 1.165) is 27.1 Å². The second-order valence-electron chi connectivity index (χ2n) is 6.69. The molecule has 0 radical (unpaired) electrons. The van der Waals surface area contributed by atoms with E-state index in [-0.39, 0.29) is 5.92 Å². The van der Waals surface area contributed by atoms with E-state index in [9.17, 15) is 0 Å². The molecular weight excluding hydrogens is 427 g/mol. The lowest BCUT2D eigenvalue weighted by Crippen LogP contribution is -2.09.